The van der Waals surface area contributed by atoms with Gasteiger partial charge in [-0.15, -0.1) is 0 Å². The minimum absolute atomic E-state index is 0.290. The molecule has 1 fully saturated rings. The lowest BCUT2D eigenvalue weighted by atomic mass is 9.94. The van der Waals surface area contributed by atoms with Crippen LogP contribution in [0.25, 0.3) is 0 Å². The first-order valence-corrected chi connectivity index (χ1v) is 5.22. The van der Waals surface area contributed by atoms with E-state index in [1.165, 1.54) is 32.1 Å². The van der Waals surface area contributed by atoms with Gasteiger partial charge in [0.2, 0.25) is 0 Å². The Bertz CT molecular complexity index is 219. The summed E-state index contributed by atoms with van der Waals surface area (Å²) >= 11 is 0. The number of hydrogen-bond acceptors (Lipinski definition) is 2. The van der Waals surface area contributed by atoms with E-state index in [1.54, 1.807) is 0 Å². The number of carboxylic acid groups (broad SMARTS) is 1. The summed E-state index contributed by atoms with van der Waals surface area (Å²) in [7, 11) is 1.99. The number of hydrogen-bond donors (Lipinski definition) is 1. The molecule has 0 saturated heterocycles. The molecular formula is C11H19NO2. The van der Waals surface area contributed by atoms with Crippen LogP contribution in [-0.4, -0.2) is 35.6 Å². The van der Waals surface area contributed by atoms with Gasteiger partial charge in [0.25, 0.3) is 0 Å². The van der Waals surface area contributed by atoms with Crippen molar-refractivity contribution < 1.29 is 9.90 Å². The number of carboxylic acids is 1. The molecule has 1 rings (SSSR count). The molecule has 1 saturated carbocycles. The average molecular weight is 197 g/mol. The molecule has 80 valence electrons. The van der Waals surface area contributed by atoms with Crippen LogP contribution in [0.3, 0.4) is 0 Å². The summed E-state index contributed by atoms with van der Waals surface area (Å²) in [6, 6.07) is 0.555. The van der Waals surface area contributed by atoms with E-state index < -0.39 is 5.97 Å². The Morgan fingerprint density at radius 1 is 1.43 bits per heavy atom. The molecule has 0 aromatic rings. The van der Waals surface area contributed by atoms with Crippen molar-refractivity contribution in [1.29, 1.82) is 0 Å². The van der Waals surface area contributed by atoms with Gasteiger partial charge in [0.05, 0.1) is 0 Å². The van der Waals surface area contributed by atoms with E-state index in [-0.39, 0.29) is 5.57 Å². The fraction of sp³-hybridized carbons (Fsp3) is 0.727. The molecule has 3 nitrogen and oxygen atoms in total. The van der Waals surface area contributed by atoms with Crippen LogP contribution in [0.15, 0.2) is 12.2 Å². The summed E-state index contributed by atoms with van der Waals surface area (Å²) < 4.78 is 0. The standard InChI is InChI=1S/C11H19NO2/c1-9(11(13)14)8-12(2)10-6-4-3-5-7-10/h10H,1,3-8H2,2H3,(H,13,14). The first-order chi connectivity index (χ1) is 6.61. The van der Waals surface area contributed by atoms with Crippen LogP contribution < -0.4 is 0 Å². The molecule has 3 heteroatoms. The minimum Gasteiger partial charge on any atom is -0.478 e. The van der Waals surface area contributed by atoms with Crippen LogP contribution >= 0.6 is 0 Å². The van der Waals surface area contributed by atoms with E-state index in [2.05, 4.69) is 11.5 Å². The molecule has 0 aromatic heterocycles. The maximum Gasteiger partial charge on any atom is 0.332 e. The third-order valence-corrected chi connectivity index (χ3v) is 2.94. The van der Waals surface area contributed by atoms with Gasteiger partial charge in [0, 0.05) is 18.2 Å². The van der Waals surface area contributed by atoms with Crippen LogP contribution in [0.1, 0.15) is 32.1 Å². The second-order valence-corrected chi connectivity index (χ2v) is 4.12. The highest BCUT2D eigenvalue weighted by Crippen LogP contribution is 2.21. The Labute approximate surface area is 85.4 Å². The first-order valence-electron chi connectivity index (χ1n) is 5.22. The van der Waals surface area contributed by atoms with Crippen molar-refractivity contribution >= 4 is 5.97 Å². The van der Waals surface area contributed by atoms with E-state index in [0.717, 1.165) is 0 Å². The quantitative estimate of drug-likeness (QED) is 0.700. The Morgan fingerprint density at radius 3 is 2.50 bits per heavy atom. The molecule has 1 aliphatic rings. The second-order valence-electron chi connectivity index (χ2n) is 4.12. The van der Waals surface area contributed by atoms with Crippen molar-refractivity contribution in [2.24, 2.45) is 0 Å². The summed E-state index contributed by atoms with van der Waals surface area (Å²) in [6.45, 7) is 4.03. The van der Waals surface area contributed by atoms with Crippen LogP contribution in [0.2, 0.25) is 0 Å². The van der Waals surface area contributed by atoms with Crippen LogP contribution in [0, 0.1) is 0 Å². The fourth-order valence-electron chi connectivity index (χ4n) is 2.02. The number of likely N-dealkylation sites (N-methyl/N-ethyl adjacent to an activating group) is 1. The highest BCUT2D eigenvalue weighted by atomic mass is 16.4. The number of aliphatic carboxylic acids is 1. The van der Waals surface area contributed by atoms with E-state index in [1.807, 2.05) is 7.05 Å². The summed E-state index contributed by atoms with van der Waals surface area (Å²) in [4.78, 5) is 12.7. The lowest BCUT2D eigenvalue weighted by Gasteiger charge is -2.31. The van der Waals surface area contributed by atoms with Crippen molar-refractivity contribution in [2.45, 2.75) is 38.1 Å². The zero-order chi connectivity index (χ0) is 10.6. The molecule has 0 aliphatic heterocycles. The maximum atomic E-state index is 10.6. The smallest absolute Gasteiger partial charge is 0.332 e. The SMILES string of the molecule is C=C(CN(C)C1CCCCC1)C(=O)O. The van der Waals surface area contributed by atoms with Crippen LogP contribution in [0.4, 0.5) is 0 Å². The van der Waals surface area contributed by atoms with Gasteiger partial charge < -0.3 is 5.11 Å². The summed E-state index contributed by atoms with van der Waals surface area (Å²) in [5.74, 6) is -0.882. The molecule has 0 aromatic carbocycles. The largest absolute Gasteiger partial charge is 0.478 e. The van der Waals surface area contributed by atoms with Gasteiger partial charge in [-0.3, -0.25) is 4.90 Å². The molecule has 0 spiro atoms. The molecule has 1 N–H and O–H groups in total. The van der Waals surface area contributed by atoms with E-state index in [9.17, 15) is 4.79 Å². The summed E-state index contributed by atoms with van der Waals surface area (Å²) in [6.07, 6.45) is 6.26. The van der Waals surface area contributed by atoms with Crippen molar-refractivity contribution in [3.8, 4) is 0 Å². The van der Waals surface area contributed by atoms with Gasteiger partial charge >= 0.3 is 5.97 Å². The summed E-state index contributed by atoms with van der Waals surface area (Å²) in [5.41, 5.74) is 0.290. The maximum absolute atomic E-state index is 10.6. The van der Waals surface area contributed by atoms with Crippen LogP contribution in [0.5, 0.6) is 0 Å². The molecule has 0 atom stereocenters. The Hall–Kier alpha value is -0.830. The lowest BCUT2D eigenvalue weighted by molar-refractivity contribution is -0.132. The Kier molecular flexibility index (Phi) is 4.14. The molecule has 0 heterocycles. The van der Waals surface area contributed by atoms with Gasteiger partial charge in [-0.1, -0.05) is 25.8 Å². The second kappa shape index (κ2) is 5.15. The van der Waals surface area contributed by atoms with E-state index >= 15 is 0 Å². The normalized spacial score (nSPS) is 18.4. The highest BCUT2D eigenvalue weighted by Gasteiger charge is 2.19. The van der Waals surface area contributed by atoms with Gasteiger partial charge in [-0.05, 0) is 19.9 Å². The zero-order valence-corrected chi connectivity index (χ0v) is 8.83. The number of nitrogens with zero attached hydrogens (tertiary/aromatic N) is 1. The predicted molar refractivity (Wildman–Crippen MR) is 56.3 cm³/mol. The average Bonchev–Trinajstić information content (AvgIpc) is 2.19. The van der Waals surface area contributed by atoms with Crippen molar-refractivity contribution in [2.75, 3.05) is 13.6 Å². The zero-order valence-electron chi connectivity index (χ0n) is 8.83. The third-order valence-electron chi connectivity index (χ3n) is 2.94. The van der Waals surface area contributed by atoms with Gasteiger partial charge in [0.15, 0.2) is 0 Å². The summed E-state index contributed by atoms with van der Waals surface area (Å²) in [5, 5.41) is 8.70. The molecule has 0 amide bonds. The Morgan fingerprint density at radius 2 is 2.00 bits per heavy atom. The first kappa shape index (κ1) is 11.2. The van der Waals surface area contributed by atoms with Crippen LogP contribution in [-0.2, 0) is 4.79 Å². The highest BCUT2D eigenvalue weighted by molar-refractivity contribution is 5.86. The minimum atomic E-state index is -0.882. The monoisotopic (exact) mass is 197 g/mol. The number of rotatable bonds is 4. The molecular weight excluding hydrogens is 178 g/mol. The van der Waals surface area contributed by atoms with Crippen molar-refractivity contribution in [3.63, 3.8) is 0 Å². The predicted octanol–water partition coefficient (Wildman–Crippen LogP) is 1.89. The molecule has 0 radical (unpaired) electrons. The molecule has 0 unspecified atom stereocenters. The Balaban J connectivity index is 2.36. The van der Waals surface area contributed by atoms with Gasteiger partial charge in [0.1, 0.15) is 0 Å². The fourth-order valence-corrected chi connectivity index (χ4v) is 2.02. The van der Waals surface area contributed by atoms with Gasteiger partial charge in [-0.2, -0.15) is 0 Å². The molecule has 14 heavy (non-hydrogen) atoms. The third kappa shape index (κ3) is 3.14. The van der Waals surface area contributed by atoms with Gasteiger partial charge in [-0.25, -0.2) is 4.79 Å². The van der Waals surface area contributed by atoms with Crippen molar-refractivity contribution in [3.05, 3.63) is 12.2 Å². The van der Waals surface area contributed by atoms with E-state index in [0.29, 0.717) is 12.6 Å². The van der Waals surface area contributed by atoms with E-state index in [4.69, 9.17) is 5.11 Å². The number of carbonyl (C=O) groups is 1. The topological polar surface area (TPSA) is 40.5 Å². The lowest BCUT2D eigenvalue weighted by Crippen LogP contribution is -2.35. The molecule has 0 bridgehead atoms. The molecule has 1 aliphatic carbocycles. The van der Waals surface area contributed by atoms with Crippen molar-refractivity contribution in [1.82, 2.24) is 4.90 Å².